The van der Waals surface area contributed by atoms with Gasteiger partial charge in [-0.3, -0.25) is 0 Å². The van der Waals surface area contributed by atoms with Crippen molar-refractivity contribution in [2.24, 2.45) is 5.73 Å². The molecule has 1 saturated heterocycles. The Hall–Kier alpha value is -0.380. The largest absolute Gasteiger partial charge is 0.370 e. The van der Waals surface area contributed by atoms with Crippen molar-refractivity contribution in [3.8, 4) is 0 Å². The molecule has 1 aromatic carbocycles. The van der Waals surface area contributed by atoms with Crippen LogP contribution in [0.1, 0.15) is 18.9 Å². The maximum absolute atomic E-state index is 6.21. The number of hydrogen-bond donors (Lipinski definition) is 1. The topological polar surface area (TPSA) is 29.3 Å². The van der Waals surface area contributed by atoms with Crippen molar-refractivity contribution in [2.75, 3.05) is 23.7 Å². The molecule has 17 heavy (non-hydrogen) atoms. The minimum atomic E-state index is 0.506. The van der Waals surface area contributed by atoms with Crippen LogP contribution in [0, 0.1) is 0 Å². The fraction of sp³-hybridized carbons (Fsp3) is 0.538. The smallest absolute Gasteiger partial charge is 0.0471 e. The molecule has 1 aliphatic rings. The Kier molecular flexibility index (Phi) is 4.60. The second-order valence-electron chi connectivity index (χ2n) is 4.33. The summed E-state index contributed by atoms with van der Waals surface area (Å²) in [6.45, 7) is 5.00. The maximum atomic E-state index is 6.21. The van der Waals surface area contributed by atoms with E-state index in [1.54, 1.807) is 0 Å². The number of thioether (sulfide) groups is 1. The minimum Gasteiger partial charge on any atom is -0.370 e. The van der Waals surface area contributed by atoms with Crippen LogP contribution in [0.4, 0.5) is 5.69 Å². The fourth-order valence-corrected chi connectivity index (χ4v) is 3.53. The van der Waals surface area contributed by atoms with Gasteiger partial charge in [-0.15, -0.1) is 0 Å². The predicted molar refractivity (Wildman–Crippen MR) is 78.1 cm³/mol. The lowest BCUT2D eigenvalue weighted by atomic mass is 10.2. The second kappa shape index (κ2) is 5.98. The summed E-state index contributed by atoms with van der Waals surface area (Å²) >= 11 is 8.29. The van der Waals surface area contributed by atoms with Crippen molar-refractivity contribution in [1.82, 2.24) is 0 Å². The van der Waals surface area contributed by atoms with Crippen LogP contribution >= 0.6 is 23.4 Å². The van der Waals surface area contributed by atoms with Gasteiger partial charge in [-0.1, -0.05) is 24.6 Å². The molecular weight excluding hydrogens is 252 g/mol. The third-order valence-corrected chi connectivity index (χ3v) is 4.94. The van der Waals surface area contributed by atoms with Crippen molar-refractivity contribution in [3.63, 3.8) is 0 Å². The van der Waals surface area contributed by atoms with Crippen LogP contribution in [0.3, 0.4) is 0 Å². The van der Waals surface area contributed by atoms with Crippen LogP contribution < -0.4 is 10.6 Å². The van der Waals surface area contributed by atoms with E-state index in [2.05, 4.69) is 29.7 Å². The zero-order valence-electron chi connectivity index (χ0n) is 10.2. The fourth-order valence-electron chi connectivity index (χ4n) is 2.10. The van der Waals surface area contributed by atoms with Gasteiger partial charge in [-0.25, -0.2) is 0 Å². The third kappa shape index (κ3) is 3.09. The van der Waals surface area contributed by atoms with Gasteiger partial charge in [0, 0.05) is 41.3 Å². The standard InChI is InChI=1S/C13H19ClN2S/c1-2-12-9-16(5-6-17-12)11-4-3-10(8-15)13(14)7-11/h3-4,7,12H,2,5-6,8-9,15H2,1H3. The lowest BCUT2D eigenvalue weighted by Crippen LogP contribution is -2.37. The van der Waals surface area contributed by atoms with E-state index in [1.165, 1.54) is 17.9 Å². The van der Waals surface area contributed by atoms with Crippen molar-refractivity contribution in [1.29, 1.82) is 0 Å². The van der Waals surface area contributed by atoms with E-state index in [-0.39, 0.29) is 0 Å². The summed E-state index contributed by atoms with van der Waals surface area (Å²) in [5.74, 6) is 1.20. The van der Waals surface area contributed by atoms with Gasteiger partial charge >= 0.3 is 0 Å². The summed E-state index contributed by atoms with van der Waals surface area (Å²) in [4.78, 5) is 2.43. The van der Waals surface area contributed by atoms with E-state index in [0.29, 0.717) is 6.54 Å². The van der Waals surface area contributed by atoms with Gasteiger partial charge in [0.2, 0.25) is 0 Å². The molecule has 94 valence electrons. The molecule has 0 spiro atoms. The summed E-state index contributed by atoms with van der Waals surface area (Å²) in [6.07, 6.45) is 1.23. The van der Waals surface area contributed by atoms with Crippen LogP contribution in [0.15, 0.2) is 18.2 Å². The third-order valence-electron chi connectivity index (χ3n) is 3.22. The van der Waals surface area contributed by atoms with Crippen molar-refractivity contribution < 1.29 is 0 Å². The molecule has 0 saturated carbocycles. The van der Waals surface area contributed by atoms with Crippen LogP contribution in [0.25, 0.3) is 0 Å². The molecule has 1 heterocycles. The minimum absolute atomic E-state index is 0.506. The van der Waals surface area contributed by atoms with Crippen LogP contribution in [0.2, 0.25) is 5.02 Å². The molecule has 2 rings (SSSR count). The number of benzene rings is 1. The highest BCUT2D eigenvalue weighted by Gasteiger charge is 2.19. The van der Waals surface area contributed by atoms with E-state index in [9.17, 15) is 0 Å². The Morgan fingerprint density at radius 3 is 3.00 bits per heavy atom. The van der Waals surface area contributed by atoms with Gasteiger partial charge in [-0.05, 0) is 24.1 Å². The number of anilines is 1. The first kappa shape index (κ1) is 13.1. The SMILES string of the molecule is CCC1CN(c2ccc(CN)c(Cl)c2)CCS1. The van der Waals surface area contributed by atoms with E-state index in [4.69, 9.17) is 17.3 Å². The molecule has 1 fully saturated rings. The van der Waals surface area contributed by atoms with Gasteiger partial charge in [0.05, 0.1) is 0 Å². The van der Waals surface area contributed by atoms with Gasteiger partial charge in [0.1, 0.15) is 0 Å². The highest BCUT2D eigenvalue weighted by atomic mass is 35.5. The summed E-state index contributed by atoms with van der Waals surface area (Å²) in [7, 11) is 0. The molecule has 2 nitrogen and oxygen atoms in total. The molecule has 2 N–H and O–H groups in total. The molecular formula is C13H19ClN2S. The molecule has 0 amide bonds. The molecule has 1 aliphatic heterocycles. The van der Waals surface area contributed by atoms with E-state index in [1.807, 2.05) is 12.1 Å². The van der Waals surface area contributed by atoms with Crippen LogP contribution in [-0.4, -0.2) is 24.1 Å². The Balaban J connectivity index is 2.13. The van der Waals surface area contributed by atoms with Crippen LogP contribution in [-0.2, 0) is 6.54 Å². The normalized spacial score (nSPS) is 20.6. The first-order valence-electron chi connectivity index (χ1n) is 6.09. The number of halogens is 1. The lowest BCUT2D eigenvalue weighted by molar-refractivity contribution is 0.728. The van der Waals surface area contributed by atoms with Gasteiger partial charge < -0.3 is 10.6 Å². The summed E-state index contributed by atoms with van der Waals surface area (Å²) < 4.78 is 0. The highest BCUT2D eigenvalue weighted by Crippen LogP contribution is 2.28. The molecule has 0 bridgehead atoms. The number of nitrogens with zero attached hydrogens (tertiary/aromatic N) is 1. The highest BCUT2D eigenvalue weighted by molar-refractivity contribution is 8.00. The van der Waals surface area contributed by atoms with Gasteiger partial charge in [-0.2, -0.15) is 11.8 Å². The first-order chi connectivity index (χ1) is 8.24. The Bertz CT molecular complexity index is 384. The zero-order valence-corrected chi connectivity index (χ0v) is 11.7. The van der Waals surface area contributed by atoms with E-state index in [0.717, 1.165) is 28.9 Å². The summed E-state index contributed by atoms with van der Waals surface area (Å²) in [6, 6.07) is 6.23. The average Bonchev–Trinajstić information content (AvgIpc) is 2.38. The summed E-state index contributed by atoms with van der Waals surface area (Å²) in [5, 5.41) is 1.54. The maximum Gasteiger partial charge on any atom is 0.0471 e. The molecule has 0 radical (unpaired) electrons. The zero-order chi connectivity index (χ0) is 12.3. The number of rotatable bonds is 3. The van der Waals surface area contributed by atoms with Crippen molar-refractivity contribution in [2.45, 2.75) is 25.1 Å². The quantitative estimate of drug-likeness (QED) is 0.915. The molecule has 1 atom stereocenters. The average molecular weight is 271 g/mol. The Labute approximate surface area is 113 Å². The second-order valence-corrected chi connectivity index (χ2v) is 6.14. The molecule has 0 aromatic heterocycles. The monoisotopic (exact) mass is 270 g/mol. The Morgan fingerprint density at radius 1 is 1.53 bits per heavy atom. The number of nitrogens with two attached hydrogens (primary N) is 1. The molecule has 1 unspecified atom stereocenters. The molecule has 0 aliphatic carbocycles. The van der Waals surface area contributed by atoms with E-state index >= 15 is 0 Å². The molecule has 4 heteroatoms. The summed E-state index contributed by atoms with van der Waals surface area (Å²) in [5.41, 5.74) is 7.87. The van der Waals surface area contributed by atoms with Crippen molar-refractivity contribution >= 4 is 29.1 Å². The first-order valence-corrected chi connectivity index (χ1v) is 7.52. The Morgan fingerprint density at radius 2 is 2.35 bits per heavy atom. The lowest BCUT2D eigenvalue weighted by Gasteiger charge is -2.33. The van der Waals surface area contributed by atoms with Crippen LogP contribution in [0.5, 0.6) is 0 Å². The predicted octanol–water partition coefficient (Wildman–Crippen LogP) is 3.13. The van der Waals surface area contributed by atoms with Gasteiger partial charge in [0.25, 0.3) is 0 Å². The molecule has 1 aromatic rings. The van der Waals surface area contributed by atoms with Gasteiger partial charge in [0.15, 0.2) is 0 Å². The van der Waals surface area contributed by atoms with Crippen molar-refractivity contribution in [3.05, 3.63) is 28.8 Å². The number of hydrogen-bond acceptors (Lipinski definition) is 3. The van der Waals surface area contributed by atoms with E-state index < -0.39 is 0 Å².